The SMILES string of the molecule is CN1CCC/C(=C/CI)C1. The Morgan fingerprint density at radius 1 is 1.70 bits per heavy atom. The van der Waals surface area contributed by atoms with E-state index in [0.29, 0.717) is 0 Å². The molecule has 0 N–H and O–H groups in total. The Balaban J connectivity index is 2.39. The summed E-state index contributed by atoms with van der Waals surface area (Å²) >= 11 is 2.40. The molecule has 1 saturated heterocycles. The third-order valence-electron chi connectivity index (χ3n) is 1.88. The van der Waals surface area contributed by atoms with Gasteiger partial charge in [0.2, 0.25) is 0 Å². The molecule has 0 radical (unpaired) electrons. The van der Waals surface area contributed by atoms with E-state index in [4.69, 9.17) is 0 Å². The molecule has 0 aliphatic carbocycles. The van der Waals surface area contributed by atoms with Crippen LogP contribution in [0.25, 0.3) is 0 Å². The molecule has 0 spiro atoms. The van der Waals surface area contributed by atoms with E-state index in [1.165, 1.54) is 30.4 Å². The number of nitrogens with zero attached hydrogens (tertiary/aromatic N) is 1. The molecule has 1 fully saturated rings. The van der Waals surface area contributed by atoms with Crippen LogP contribution in [-0.4, -0.2) is 29.5 Å². The summed E-state index contributed by atoms with van der Waals surface area (Å²) in [6.45, 7) is 2.47. The van der Waals surface area contributed by atoms with Crippen molar-refractivity contribution in [3.63, 3.8) is 0 Å². The molecule has 1 heterocycles. The summed E-state index contributed by atoms with van der Waals surface area (Å²) in [5.41, 5.74) is 1.63. The van der Waals surface area contributed by atoms with E-state index >= 15 is 0 Å². The van der Waals surface area contributed by atoms with Crippen molar-refractivity contribution in [2.45, 2.75) is 12.8 Å². The number of alkyl halides is 1. The van der Waals surface area contributed by atoms with Gasteiger partial charge in [-0.1, -0.05) is 34.2 Å². The molecule has 2 heteroatoms. The van der Waals surface area contributed by atoms with Gasteiger partial charge in [-0.15, -0.1) is 0 Å². The Labute approximate surface area is 76.6 Å². The number of likely N-dealkylation sites (tertiary alicyclic amines) is 1. The fraction of sp³-hybridized carbons (Fsp3) is 0.750. The predicted molar refractivity (Wildman–Crippen MR) is 53.7 cm³/mol. The highest BCUT2D eigenvalue weighted by Gasteiger charge is 2.08. The maximum Gasteiger partial charge on any atom is 0.0190 e. The van der Waals surface area contributed by atoms with E-state index in [1.54, 1.807) is 5.57 Å². The number of rotatable bonds is 1. The second kappa shape index (κ2) is 4.34. The summed E-state index contributed by atoms with van der Waals surface area (Å²) in [7, 11) is 2.19. The van der Waals surface area contributed by atoms with Gasteiger partial charge in [-0.2, -0.15) is 0 Å². The van der Waals surface area contributed by atoms with E-state index in [0.717, 1.165) is 0 Å². The molecular weight excluding hydrogens is 237 g/mol. The van der Waals surface area contributed by atoms with E-state index in [-0.39, 0.29) is 0 Å². The molecule has 10 heavy (non-hydrogen) atoms. The number of hydrogen-bond donors (Lipinski definition) is 0. The van der Waals surface area contributed by atoms with Gasteiger partial charge in [-0.25, -0.2) is 0 Å². The number of piperidine rings is 1. The van der Waals surface area contributed by atoms with Crippen LogP contribution in [0.1, 0.15) is 12.8 Å². The third kappa shape index (κ3) is 2.58. The maximum absolute atomic E-state index is 2.40. The summed E-state index contributed by atoms with van der Waals surface area (Å²) in [6.07, 6.45) is 5.03. The van der Waals surface area contributed by atoms with Gasteiger partial charge in [0.25, 0.3) is 0 Å². The van der Waals surface area contributed by atoms with Gasteiger partial charge in [-0.05, 0) is 26.4 Å². The topological polar surface area (TPSA) is 3.24 Å². The van der Waals surface area contributed by atoms with E-state index < -0.39 is 0 Å². The first-order chi connectivity index (χ1) is 4.83. The molecule has 0 unspecified atom stereocenters. The molecule has 1 nitrogen and oxygen atoms in total. The van der Waals surface area contributed by atoms with Gasteiger partial charge in [-0.3, -0.25) is 0 Å². The fourth-order valence-electron chi connectivity index (χ4n) is 1.36. The zero-order chi connectivity index (χ0) is 7.40. The molecule has 58 valence electrons. The molecular formula is C8H14IN. The van der Waals surface area contributed by atoms with Gasteiger partial charge in [0.15, 0.2) is 0 Å². The summed E-state index contributed by atoms with van der Waals surface area (Å²) in [4.78, 5) is 2.39. The molecule has 0 atom stereocenters. The summed E-state index contributed by atoms with van der Waals surface area (Å²) in [6, 6.07) is 0. The summed E-state index contributed by atoms with van der Waals surface area (Å²) < 4.78 is 1.17. The molecule has 0 aromatic carbocycles. The minimum atomic E-state index is 1.17. The number of likely N-dealkylation sites (N-methyl/N-ethyl adjacent to an activating group) is 1. The van der Waals surface area contributed by atoms with Crippen LogP contribution in [0.5, 0.6) is 0 Å². The number of hydrogen-bond acceptors (Lipinski definition) is 1. The molecule has 0 saturated carbocycles. The molecule has 0 bridgehead atoms. The first-order valence-electron chi connectivity index (χ1n) is 3.75. The quantitative estimate of drug-likeness (QED) is 0.392. The van der Waals surface area contributed by atoms with Crippen molar-refractivity contribution in [2.24, 2.45) is 0 Å². The first kappa shape index (κ1) is 8.53. The van der Waals surface area contributed by atoms with Crippen molar-refractivity contribution in [1.29, 1.82) is 0 Å². The molecule has 0 amide bonds. The van der Waals surface area contributed by atoms with Crippen molar-refractivity contribution in [3.8, 4) is 0 Å². The third-order valence-corrected chi connectivity index (χ3v) is 2.32. The van der Waals surface area contributed by atoms with Crippen LogP contribution in [0.3, 0.4) is 0 Å². The molecule has 0 aromatic heterocycles. The smallest absolute Gasteiger partial charge is 0.0190 e. The van der Waals surface area contributed by atoms with E-state index in [1.807, 2.05) is 0 Å². The monoisotopic (exact) mass is 251 g/mol. The lowest BCUT2D eigenvalue weighted by molar-refractivity contribution is 0.322. The Morgan fingerprint density at radius 3 is 3.10 bits per heavy atom. The average molecular weight is 251 g/mol. The second-order valence-electron chi connectivity index (χ2n) is 2.86. The van der Waals surface area contributed by atoms with Crippen LogP contribution in [0.15, 0.2) is 11.6 Å². The van der Waals surface area contributed by atoms with Crippen LogP contribution in [-0.2, 0) is 0 Å². The molecule has 1 aliphatic heterocycles. The second-order valence-corrected chi connectivity index (χ2v) is 3.74. The highest BCUT2D eigenvalue weighted by Crippen LogP contribution is 2.13. The summed E-state index contributed by atoms with van der Waals surface area (Å²) in [5, 5.41) is 0. The Bertz CT molecular complexity index is 131. The number of halogens is 1. The van der Waals surface area contributed by atoms with Gasteiger partial charge in [0, 0.05) is 11.0 Å². The van der Waals surface area contributed by atoms with Gasteiger partial charge in [0.05, 0.1) is 0 Å². The van der Waals surface area contributed by atoms with Crippen LogP contribution in [0.2, 0.25) is 0 Å². The fourth-order valence-corrected chi connectivity index (χ4v) is 1.98. The minimum Gasteiger partial charge on any atom is -0.302 e. The molecule has 1 aliphatic rings. The summed E-state index contributed by atoms with van der Waals surface area (Å²) in [5.74, 6) is 0. The van der Waals surface area contributed by atoms with Crippen molar-refractivity contribution < 1.29 is 0 Å². The Kier molecular flexibility index (Phi) is 3.70. The zero-order valence-corrected chi connectivity index (χ0v) is 8.60. The van der Waals surface area contributed by atoms with Gasteiger partial charge in [0.1, 0.15) is 0 Å². The molecule has 1 rings (SSSR count). The lowest BCUT2D eigenvalue weighted by atomic mass is 10.1. The zero-order valence-electron chi connectivity index (χ0n) is 6.44. The normalized spacial score (nSPS) is 25.6. The molecule has 0 aromatic rings. The first-order valence-corrected chi connectivity index (χ1v) is 5.28. The van der Waals surface area contributed by atoms with E-state index in [2.05, 4.69) is 40.6 Å². The van der Waals surface area contributed by atoms with Crippen molar-refractivity contribution in [1.82, 2.24) is 4.90 Å². The Morgan fingerprint density at radius 2 is 2.50 bits per heavy atom. The highest BCUT2D eigenvalue weighted by molar-refractivity contribution is 14.1. The Hall–Kier alpha value is 0.430. The largest absolute Gasteiger partial charge is 0.302 e. The average Bonchev–Trinajstić information content (AvgIpc) is 1.88. The predicted octanol–water partition coefficient (Wildman–Crippen LogP) is 2.07. The van der Waals surface area contributed by atoms with Crippen molar-refractivity contribution in [3.05, 3.63) is 11.6 Å². The minimum absolute atomic E-state index is 1.17. The maximum atomic E-state index is 2.40. The van der Waals surface area contributed by atoms with Crippen LogP contribution >= 0.6 is 22.6 Å². The standard InChI is InChI=1S/C8H14IN/c1-10-6-2-3-8(7-10)4-5-9/h4H,2-3,5-7H2,1H3/b8-4-. The highest BCUT2D eigenvalue weighted by atomic mass is 127. The van der Waals surface area contributed by atoms with Crippen LogP contribution in [0.4, 0.5) is 0 Å². The lowest BCUT2D eigenvalue weighted by Gasteiger charge is -2.24. The van der Waals surface area contributed by atoms with Crippen molar-refractivity contribution in [2.75, 3.05) is 24.6 Å². The van der Waals surface area contributed by atoms with Crippen molar-refractivity contribution >= 4 is 22.6 Å². The van der Waals surface area contributed by atoms with Crippen LogP contribution < -0.4 is 0 Å². The van der Waals surface area contributed by atoms with Crippen LogP contribution in [0, 0.1) is 0 Å². The van der Waals surface area contributed by atoms with Gasteiger partial charge < -0.3 is 4.90 Å². The number of allylic oxidation sites excluding steroid dienone is 1. The lowest BCUT2D eigenvalue weighted by Crippen LogP contribution is -2.26. The van der Waals surface area contributed by atoms with E-state index in [9.17, 15) is 0 Å². The van der Waals surface area contributed by atoms with Gasteiger partial charge >= 0.3 is 0 Å².